The first-order valence-corrected chi connectivity index (χ1v) is 10.4. The van der Waals surface area contributed by atoms with E-state index in [2.05, 4.69) is 15.3 Å². The van der Waals surface area contributed by atoms with Crippen molar-refractivity contribution in [3.05, 3.63) is 87.4 Å². The zero-order valence-corrected chi connectivity index (χ0v) is 18.2. The number of hydrogen-bond acceptors (Lipinski definition) is 4. The average Bonchev–Trinajstić information content (AvgIpc) is 3.16. The third-order valence-corrected chi connectivity index (χ3v) is 5.37. The monoisotopic (exact) mass is 459 g/mol. The Bertz CT molecular complexity index is 1180. The molecule has 4 aromatic rings. The fourth-order valence-electron chi connectivity index (χ4n) is 3.22. The summed E-state index contributed by atoms with van der Waals surface area (Å²) >= 11 is 12.5. The first-order chi connectivity index (χ1) is 15.0. The van der Waals surface area contributed by atoms with E-state index >= 15 is 0 Å². The summed E-state index contributed by atoms with van der Waals surface area (Å²) in [5.74, 6) is 1.37. The van der Waals surface area contributed by atoms with Crippen molar-refractivity contribution in [1.82, 2.24) is 15.3 Å². The molecule has 0 spiro atoms. The molecule has 0 saturated carbocycles. The number of nitrogens with one attached hydrogen (secondary N) is 2. The van der Waals surface area contributed by atoms with Crippen molar-refractivity contribution < 1.29 is 13.9 Å². The Labute approximate surface area is 189 Å². The number of halogens is 3. The van der Waals surface area contributed by atoms with E-state index in [9.17, 15) is 4.39 Å². The average molecular weight is 460 g/mol. The molecule has 8 heteroatoms. The summed E-state index contributed by atoms with van der Waals surface area (Å²) in [7, 11) is 1.55. The van der Waals surface area contributed by atoms with Crippen LogP contribution in [0.5, 0.6) is 11.5 Å². The van der Waals surface area contributed by atoms with E-state index in [0.717, 1.165) is 22.4 Å². The molecule has 0 bridgehead atoms. The zero-order valence-electron chi connectivity index (χ0n) is 16.7. The summed E-state index contributed by atoms with van der Waals surface area (Å²) in [6.07, 6.45) is 0. The number of aromatic amines is 1. The van der Waals surface area contributed by atoms with Crippen molar-refractivity contribution in [2.75, 3.05) is 7.11 Å². The third kappa shape index (κ3) is 5.10. The van der Waals surface area contributed by atoms with Crippen LogP contribution < -0.4 is 14.8 Å². The van der Waals surface area contributed by atoms with E-state index < -0.39 is 5.82 Å². The topological polar surface area (TPSA) is 59.2 Å². The summed E-state index contributed by atoms with van der Waals surface area (Å²) in [4.78, 5) is 7.84. The van der Waals surface area contributed by atoms with Crippen molar-refractivity contribution in [3.8, 4) is 11.5 Å². The van der Waals surface area contributed by atoms with Crippen molar-refractivity contribution in [1.29, 1.82) is 0 Å². The van der Waals surface area contributed by atoms with Gasteiger partial charge in [-0.25, -0.2) is 9.37 Å². The highest BCUT2D eigenvalue weighted by molar-refractivity contribution is 6.32. The molecular formula is C23H20Cl2FN3O2. The number of ether oxygens (including phenoxy) is 2. The second-order valence-corrected chi connectivity index (χ2v) is 7.75. The van der Waals surface area contributed by atoms with Crippen LogP contribution in [-0.4, -0.2) is 17.1 Å². The normalized spacial score (nSPS) is 11.1. The fourth-order valence-corrected chi connectivity index (χ4v) is 3.73. The third-order valence-electron chi connectivity index (χ3n) is 4.74. The van der Waals surface area contributed by atoms with Gasteiger partial charge in [-0.2, -0.15) is 0 Å². The molecule has 0 atom stereocenters. The van der Waals surface area contributed by atoms with Crippen LogP contribution in [0.3, 0.4) is 0 Å². The van der Waals surface area contributed by atoms with Crippen molar-refractivity contribution in [2.24, 2.45) is 0 Å². The molecule has 4 rings (SSSR count). The minimum Gasteiger partial charge on any atom is -0.493 e. The van der Waals surface area contributed by atoms with Gasteiger partial charge >= 0.3 is 0 Å². The summed E-state index contributed by atoms with van der Waals surface area (Å²) in [5, 5.41) is 4.05. The molecule has 1 heterocycles. The van der Waals surface area contributed by atoms with Gasteiger partial charge in [-0.05, 0) is 42.0 Å². The van der Waals surface area contributed by atoms with E-state index in [1.165, 1.54) is 12.1 Å². The number of para-hydroxylation sites is 2. The first kappa shape index (κ1) is 21.4. The van der Waals surface area contributed by atoms with Crippen molar-refractivity contribution in [3.63, 3.8) is 0 Å². The number of methoxy groups -OCH3 is 1. The van der Waals surface area contributed by atoms with E-state index in [0.29, 0.717) is 40.2 Å². The Morgan fingerprint density at radius 1 is 1.03 bits per heavy atom. The summed E-state index contributed by atoms with van der Waals surface area (Å²) in [5.41, 5.74) is 3.53. The van der Waals surface area contributed by atoms with Gasteiger partial charge in [-0.3, -0.25) is 0 Å². The van der Waals surface area contributed by atoms with Crippen LogP contribution in [0.1, 0.15) is 17.0 Å². The predicted molar refractivity (Wildman–Crippen MR) is 120 cm³/mol. The molecular weight excluding hydrogens is 440 g/mol. The Balaban J connectivity index is 1.41. The molecule has 1 aromatic heterocycles. The Morgan fingerprint density at radius 3 is 2.65 bits per heavy atom. The molecule has 0 amide bonds. The van der Waals surface area contributed by atoms with Crippen LogP contribution in [0.25, 0.3) is 11.0 Å². The molecule has 31 heavy (non-hydrogen) atoms. The smallest absolute Gasteiger partial charge is 0.180 e. The van der Waals surface area contributed by atoms with Crippen LogP contribution >= 0.6 is 23.2 Å². The Kier molecular flexibility index (Phi) is 6.61. The number of nitrogens with zero attached hydrogens (tertiary/aromatic N) is 1. The zero-order chi connectivity index (χ0) is 21.8. The number of benzene rings is 3. The highest BCUT2D eigenvalue weighted by Gasteiger charge is 2.14. The minimum atomic E-state index is -0.399. The van der Waals surface area contributed by atoms with Gasteiger partial charge in [0.2, 0.25) is 0 Å². The number of fused-ring (bicyclic) bond motifs is 1. The van der Waals surface area contributed by atoms with E-state index in [4.69, 9.17) is 32.7 Å². The number of imidazole rings is 1. The molecule has 0 aliphatic rings. The molecule has 0 unspecified atom stereocenters. The highest BCUT2D eigenvalue weighted by Crippen LogP contribution is 2.37. The molecule has 5 nitrogen and oxygen atoms in total. The van der Waals surface area contributed by atoms with Crippen LogP contribution in [0.15, 0.2) is 54.6 Å². The second-order valence-electron chi connectivity index (χ2n) is 6.94. The Morgan fingerprint density at radius 2 is 1.87 bits per heavy atom. The van der Waals surface area contributed by atoms with Gasteiger partial charge in [0.15, 0.2) is 11.5 Å². The molecule has 0 aliphatic carbocycles. The quantitative estimate of drug-likeness (QED) is 0.345. The van der Waals surface area contributed by atoms with Gasteiger partial charge in [0.05, 0.1) is 34.7 Å². The molecule has 0 saturated heterocycles. The highest BCUT2D eigenvalue weighted by atomic mass is 35.5. The van der Waals surface area contributed by atoms with Crippen molar-refractivity contribution in [2.45, 2.75) is 19.7 Å². The molecule has 160 valence electrons. The van der Waals surface area contributed by atoms with Crippen molar-refractivity contribution >= 4 is 34.2 Å². The number of H-pyrrole nitrogens is 1. The van der Waals surface area contributed by atoms with Crippen LogP contribution in [0.4, 0.5) is 4.39 Å². The number of aromatic nitrogens is 2. The summed E-state index contributed by atoms with van der Waals surface area (Å²) in [6.45, 7) is 1.28. The molecule has 0 radical (unpaired) electrons. The maximum Gasteiger partial charge on any atom is 0.180 e. The minimum absolute atomic E-state index is 0.138. The van der Waals surface area contributed by atoms with Crippen LogP contribution in [0, 0.1) is 5.82 Å². The van der Waals surface area contributed by atoms with Crippen LogP contribution in [-0.2, 0) is 19.7 Å². The molecule has 3 aromatic carbocycles. The maximum atomic E-state index is 13.2. The lowest BCUT2D eigenvalue weighted by atomic mass is 10.2. The largest absolute Gasteiger partial charge is 0.493 e. The van der Waals surface area contributed by atoms with Gasteiger partial charge in [0, 0.05) is 12.1 Å². The molecule has 2 N–H and O–H groups in total. The lowest BCUT2D eigenvalue weighted by Crippen LogP contribution is -2.14. The van der Waals surface area contributed by atoms with Crippen LogP contribution in [0.2, 0.25) is 10.0 Å². The van der Waals surface area contributed by atoms with E-state index in [1.54, 1.807) is 13.2 Å². The molecule has 0 aliphatic heterocycles. The SMILES string of the molecule is COc1cc(CNCc2nc3ccccc3[nH]2)cc(Cl)c1OCc1ccc(F)cc1Cl. The van der Waals surface area contributed by atoms with Gasteiger partial charge < -0.3 is 19.8 Å². The summed E-state index contributed by atoms with van der Waals surface area (Å²) < 4.78 is 24.5. The Hall–Kier alpha value is -2.80. The van der Waals surface area contributed by atoms with Gasteiger partial charge in [0.1, 0.15) is 18.2 Å². The van der Waals surface area contributed by atoms with Gasteiger partial charge in [0.25, 0.3) is 0 Å². The van der Waals surface area contributed by atoms with Gasteiger partial charge in [-0.1, -0.05) is 41.4 Å². The lowest BCUT2D eigenvalue weighted by Gasteiger charge is -2.15. The standard InChI is InChI=1S/C23H20Cl2FN3O2/c1-30-21-9-14(11-27-12-22-28-19-4-2-3-5-20(19)29-22)8-18(25)23(21)31-13-15-6-7-16(26)10-17(15)24/h2-10,27H,11-13H2,1H3,(H,28,29). The number of rotatable bonds is 8. The van der Waals surface area contributed by atoms with Gasteiger partial charge in [-0.15, -0.1) is 0 Å². The van der Waals surface area contributed by atoms with E-state index in [-0.39, 0.29) is 6.61 Å². The maximum absolute atomic E-state index is 13.2. The fraction of sp³-hybridized carbons (Fsp3) is 0.174. The number of hydrogen-bond donors (Lipinski definition) is 2. The second kappa shape index (κ2) is 9.56. The first-order valence-electron chi connectivity index (χ1n) is 9.61. The summed E-state index contributed by atoms with van der Waals surface area (Å²) in [6, 6.07) is 15.7. The predicted octanol–water partition coefficient (Wildman–Crippen LogP) is 5.89. The molecule has 0 fully saturated rings. The van der Waals surface area contributed by atoms with E-state index in [1.807, 2.05) is 36.4 Å². The lowest BCUT2D eigenvalue weighted by molar-refractivity contribution is 0.284.